The third kappa shape index (κ3) is 3.24. The van der Waals surface area contributed by atoms with Crippen LogP contribution in [0.5, 0.6) is 0 Å². The molecule has 4 heteroatoms. The van der Waals surface area contributed by atoms with Crippen molar-refractivity contribution in [3.8, 4) is 0 Å². The van der Waals surface area contributed by atoms with Crippen molar-refractivity contribution in [1.82, 2.24) is 4.57 Å². The largest absolute Gasteiger partial charge is 0.360 e. The summed E-state index contributed by atoms with van der Waals surface area (Å²) in [5, 5.41) is 0. The molecule has 0 atom stereocenters. The highest BCUT2D eigenvalue weighted by molar-refractivity contribution is 5.98. The van der Waals surface area contributed by atoms with Crippen LogP contribution in [-0.4, -0.2) is 43.1 Å². The fourth-order valence-electron chi connectivity index (χ4n) is 3.62. The van der Waals surface area contributed by atoms with Gasteiger partial charge in [0, 0.05) is 29.7 Å². The van der Waals surface area contributed by atoms with Gasteiger partial charge in [0.25, 0.3) is 0 Å². The number of carbonyl (C=O) groups is 1. The summed E-state index contributed by atoms with van der Waals surface area (Å²) in [7, 11) is 2.02. The molecule has 1 N–H and O–H groups in total. The Kier molecular flexibility index (Phi) is 4.76. The molecule has 4 nitrogen and oxygen atoms in total. The molecule has 2 aromatic rings. The lowest BCUT2D eigenvalue weighted by Crippen LogP contribution is -3.15. The predicted molar refractivity (Wildman–Crippen MR) is 98.2 cm³/mol. The van der Waals surface area contributed by atoms with E-state index in [2.05, 4.69) is 47.6 Å². The number of aryl methyl sites for hydroxylation is 2. The molecule has 0 spiro atoms. The summed E-state index contributed by atoms with van der Waals surface area (Å²) in [4.78, 5) is 16.5. The van der Waals surface area contributed by atoms with Gasteiger partial charge < -0.3 is 14.4 Å². The number of Topliss-reactive ketones (excluding diaryl/α,β-unsaturated/α-hetero) is 1. The molecule has 1 aromatic heterocycles. The van der Waals surface area contributed by atoms with Gasteiger partial charge in [0.1, 0.15) is 6.54 Å². The van der Waals surface area contributed by atoms with Crippen LogP contribution in [0.4, 0.5) is 5.69 Å². The average Bonchev–Trinajstić information content (AvgIpc) is 2.84. The number of hydrogen-bond donors (Lipinski definition) is 1. The molecule has 0 bridgehead atoms. The summed E-state index contributed by atoms with van der Waals surface area (Å²) in [6.45, 7) is 10.9. The lowest BCUT2D eigenvalue weighted by molar-refractivity contribution is -0.892. The summed E-state index contributed by atoms with van der Waals surface area (Å²) in [5.74, 6) is 0.274. The van der Waals surface area contributed by atoms with Crippen LogP contribution >= 0.6 is 0 Å². The number of ketones is 1. The highest BCUT2D eigenvalue weighted by Gasteiger charge is 2.25. The van der Waals surface area contributed by atoms with Crippen molar-refractivity contribution in [2.24, 2.45) is 7.05 Å². The standard InChI is InChI=1S/C20H27N3O/c1-15-7-5-6-8-19(15)23-11-9-22(10-12-23)14-20(24)18-13-16(2)21(4)17(18)3/h5-8,13H,9-12,14H2,1-4H3/p+1. The first-order valence-electron chi connectivity index (χ1n) is 8.77. The van der Waals surface area contributed by atoms with Gasteiger partial charge in [0.2, 0.25) is 5.78 Å². The SMILES string of the molecule is Cc1ccccc1N1CC[NH+](CC(=O)c2cc(C)n(C)c2C)CC1. The lowest BCUT2D eigenvalue weighted by atomic mass is 10.1. The summed E-state index contributed by atoms with van der Waals surface area (Å²) in [6, 6.07) is 10.6. The topological polar surface area (TPSA) is 29.7 Å². The third-order valence-electron chi connectivity index (χ3n) is 5.41. The number of para-hydroxylation sites is 1. The van der Waals surface area contributed by atoms with E-state index in [1.807, 2.05) is 20.0 Å². The van der Waals surface area contributed by atoms with Gasteiger partial charge in [0.15, 0.2) is 0 Å². The van der Waals surface area contributed by atoms with E-state index >= 15 is 0 Å². The first kappa shape index (κ1) is 16.8. The van der Waals surface area contributed by atoms with Crippen LogP contribution in [0.25, 0.3) is 0 Å². The molecule has 0 radical (unpaired) electrons. The van der Waals surface area contributed by atoms with E-state index in [1.165, 1.54) is 16.2 Å². The second-order valence-electron chi connectivity index (χ2n) is 6.97. The minimum Gasteiger partial charge on any atom is -0.360 e. The Morgan fingerprint density at radius 2 is 1.79 bits per heavy atom. The van der Waals surface area contributed by atoms with Gasteiger partial charge in [-0.15, -0.1) is 0 Å². The van der Waals surface area contributed by atoms with E-state index in [4.69, 9.17) is 0 Å². The molecule has 0 amide bonds. The summed E-state index contributed by atoms with van der Waals surface area (Å²) >= 11 is 0. The Balaban J connectivity index is 1.60. The van der Waals surface area contributed by atoms with Gasteiger partial charge in [-0.2, -0.15) is 0 Å². The van der Waals surface area contributed by atoms with Crippen molar-refractivity contribution < 1.29 is 9.69 Å². The Morgan fingerprint density at radius 1 is 1.12 bits per heavy atom. The van der Waals surface area contributed by atoms with E-state index < -0.39 is 0 Å². The second-order valence-corrected chi connectivity index (χ2v) is 6.97. The zero-order valence-corrected chi connectivity index (χ0v) is 15.2. The molecule has 1 fully saturated rings. The van der Waals surface area contributed by atoms with Crippen molar-refractivity contribution in [3.05, 3.63) is 52.8 Å². The minimum absolute atomic E-state index is 0.274. The maximum absolute atomic E-state index is 12.7. The second kappa shape index (κ2) is 6.81. The summed E-state index contributed by atoms with van der Waals surface area (Å²) in [6.07, 6.45) is 0. The van der Waals surface area contributed by atoms with E-state index in [9.17, 15) is 4.79 Å². The summed E-state index contributed by atoms with van der Waals surface area (Å²) < 4.78 is 2.10. The number of quaternary nitrogens is 1. The average molecular weight is 326 g/mol. The molecule has 3 rings (SSSR count). The fourth-order valence-corrected chi connectivity index (χ4v) is 3.62. The molecular formula is C20H28N3O+. The number of carbonyl (C=O) groups excluding carboxylic acids is 1. The smallest absolute Gasteiger partial charge is 0.218 e. The van der Waals surface area contributed by atoms with Gasteiger partial charge in [-0.05, 0) is 38.5 Å². The van der Waals surface area contributed by atoms with Crippen molar-refractivity contribution in [3.63, 3.8) is 0 Å². The number of hydrogen-bond acceptors (Lipinski definition) is 2. The molecule has 2 heterocycles. The van der Waals surface area contributed by atoms with Crippen LogP contribution in [0.15, 0.2) is 30.3 Å². The van der Waals surface area contributed by atoms with Crippen molar-refractivity contribution in [2.75, 3.05) is 37.6 Å². The zero-order chi connectivity index (χ0) is 17.3. The molecule has 0 saturated carbocycles. The molecule has 24 heavy (non-hydrogen) atoms. The maximum atomic E-state index is 12.7. The van der Waals surface area contributed by atoms with Gasteiger partial charge in [0.05, 0.1) is 26.2 Å². The first-order valence-corrected chi connectivity index (χ1v) is 8.77. The van der Waals surface area contributed by atoms with E-state index in [0.29, 0.717) is 6.54 Å². The molecular weight excluding hydrogens is 298 g/mol. The number of nitrogens with zero attached hydrogens (tertiary/aromatic N) is 2. The molecule has 1 aromatic carbocycles. The zero-order valence-electron chi connectivity index (χ0n) is 15.2. The maximum Gasteiger partial charge on any atom is 0.218 e. The summed E-state index contributed by atoms with van der Waals surface area (Å²) in [5.41, 5.74) is 5.78. The third-order valence-corrected chi connectivity index (χ3v) is 5.41. The fraction of sp³-hybridized carbons (Fsp3) is 0.450. The van der Waals surface area contributed by atoms with Gasteiger partial charge in [-0.1, -0.05) is 18.2 Å². The molecule has 1 saturated heterocycles. The van der Waals surface area contributed by atoms with Crippen LogP contribution in [0.2, 0.25) is 0 Å². The molecule has 0 unspecified atom stereocenters. The lowest BCUT2D eigenvalue weighted by Gasteiger charge is -2.34. The van der Waals surface area contributed by atoms with Crippen molar-refractivity contribution >= 4 is 11.5 Å². The van der Waals surface area contributed by atoms with Gasteiger partial charge >= 0.3 is 0 Å². The van der Waals surface area contributed by atoms with Crippen LogP contribution in [0.3, 0.4) is 0 Å². The van der Waals surface area contributed by atoms with Crippen LogP contribution in [0.1, 0.15) is 27.3 Å². The Bertz CT molecular complexity index is 739. The van der Waals surface area contributed by atoms with Crippen molar-refractivity contribution in [1.29, 1.82) is 0 Å². The Morgan fingerprint density at radius 3 is 2.38 bits per heavy atom. The number of nitrogens with one attached hydrogen (secondary N) is 1. The predicted octanol–water partition coefficient (Wildman–Crippen LogP) is 1.54. The number of benzene rings is 1. The first-order chi connectivity index (χ1) is 11.5. The number of rotatable bonds is 4. The Labute approximate surface area is 144 Å². The van der Waals surface area contributed by atoms with Crippen LogP contribution in [0, 0.1) is 20.8 Å². The molecule has 1 aliphatic heterocycles. The number of anilines is 1. The highest BCUT2D eigenvalue weighted by atomic mass is 16.1. The van der Waals surface area contributed by atoms with Gasteiger partial charge in [-0.3, -0.25) is 4.79 Å². The highest BCUT2D eigenvalue weighted by Crippen LogP contribution is 2.19. The molecule has 0 aliphatic carbocycles. The molecule has 128 valence electrons. The normalized spacial score (nSPS) is 15.8. The van der Waals surface area contributed by atoms with Crippen LogP contribution in [-0.2, 0) is 7.05 Å². The van der Waals surface area contributed by atoms with Crippen molar-refractivity contribution in [2.45, 2.75) is 20.8 Å². The van der Waals surface area contributed by atoms with Gasteiger partial charge in [-0.25, -0.2) is 0 Å². The van der Waals surface area contributed by atoms with E-state index in [-0.39, 0.29) is 5.78 Å². The minimum atomic E-state index is 0.274. The number of aromatic nitrogens is 1. The monoisotopic (exact) mass is 326 g/mol. The van der Waals surface area contributed by atoms with Crippen LogP contribution < -0.4 is 9.80 Å². The number of piperazine rings is 1. The van der Waals surface area contributed by atoms with E-state index in [0.717, 1.165) is 43.1 Å². The van der Waals surface area contributed by atoms with E-state index in [1.54, 1.807) is 0 Å². The Hall–Kier alpha value is -2.07. The molecule has 1 aliphatic rings. The quantitative estimate of drug-likeness (QED) is 0.864.